The van der Waals surface area contributed by atoms with E-state index in [1.165, 1.54) is 22.6 Å². The Morgan fingerprint density at radius 3 is 2.83 bits per heavy atom. The zero-order chi connectivity index (χ0) is 16.5. The molecule has 0 radical (unpaired) electrons. The van der Waals surface area contributed by atoms with Crippen molar-refractivity contribution in [1.29, 1.82) is 0 Å². The van der Waals surface area contributed by atoms with E-state index in [9.17, 15) is 4.79 Å². The Labute approximate surface area is 148 Å². The summed E-state index contributed by atoms with van der Waals surface area (Å²) >= 11 is 1.89. The van der Waals surface area contributed by atoms with Gasteiger partial charge >= 0.3 is 0 Å². The molecule has 0 saturated carbocycles. The normalized spacial score (nSPS) is 31.2. The Morgan fingerprint density at radius 1 is 1.25 bits per heavy atom. The van der Waals surface area contributed by atoms with Crippen LogP contribution in [0, 0.1) is 18.8 Å². The van der Waals surface area contributed by atoms with Crippen molar-refractivity contribution < 1.29 is 9.53 Å². The van der Waals surface area contributed by atoms with E-state index in [1.807, 2.05) is 11.3 Å². The Morgan fingerprint density at radius 2 is 2.08 bits per heavy atom. The first kappa shape index (κ1) is 16.6. The standard InChI is InChI=1S/C19H28N2O2S/c1-14-4-5-15(24-14)12-20-10-6-18-17(13-20)16(7-11-23-18)19(22)21-8-2-3-9-21/h4-5,16-18H,2-3,6-13H2,1H3/t16-,17+,18-/m1/s1. The number of amides is 1. The largest absolute Gasteiger partial charge is 0.378 e. The van der Waals surface area contributed by atoms with Crippen LogP contribution in [0.3, 0.4) is 0 Å². The minimum Gasteiger partial charge on any atom is -0.378 e. The zero-order valence-corrected chi connectivity index (χ0v) is 15.4. The van der Waals surface area contributed by atoms with Crippen molar-refractivity contribution in [3.8, 4) is 0 Å². The molecule has 0 aromatic carbocycles. The van der Waals surface area contributed by atoms with Crippen LogP contribution >= 0.6 is 11.3 Å². The van der Waals surface area contributed by atoms with Gasteiger partial charge in [-0.15, -0.1) is 11.3 Å². The monoisotopic (exact) mass is 348 g/mol. The number of hydrogen-bond acceptors (Lipinski definition) is 4. The molecule has 3 aliphatic rings. The van der Waals surface area contributed by atoms with Gasteiger partial charge in [0, 0.05) is 60.9 Å². The van der Waals surface area contributed by atoms with Crippen molar-refractivity contribution >= 4 is 17.2 Å². The molecular formula is C19H28N2O2S. The van der Waals surface area contributed by atoms with Gasteiger partial charge in [0.1, 0.15) is 0 Å². The van der Waals surface area contributed by atoms with Crippen LogP contribution < -0.4 is 0 Å². The highest BCUT2D eigenvalue weighted by Crippen LogP contribution is 2.35. The lowest BCUT2D eigenvalue weighted by molar-refractivity contribution is -0.150. The Hall–Kier alpha value is -0.910. The molecule has 0 spiro atoms. The maximum Gasteiger partial charge on any atom is 0.226 e. The molecule has 3 atom stereocenters. The Balaban J connectivity index is 1.43. The van der Waals surface area contributed by atoms with Crippen molar-refractivity contribution in [1.82, 2.24) is 9.80 Å². The summed E-state index contributed by atoms with van der Waals surface area (Å²) in [6.07, 6.45) is 4.61. The molecule has 3 fully saturated rings. The van der Waals surface area contributed by atoms with Crippen molar-refractivity contribution in [2.24, 2.45) is 11.8 Å². The quantitative estimate of drug-likeness (QED) is 0.842. The highest BCUT2D eigenvalue weighted by Gasteiger charge is 2.43. The second kappa shape index (κ2) is 7.14. The number of aryl methyl sites for hydroxylation is 1. The smallest absolute Gasteiger partial charge is 0.226 e. The number of nitrogens with zero attached hydrogens (tertiary/aromatic N) is 2. The average molecular weight is 349 g/mol. The minimum atomic E-state index is 0.176. The number of carbonyl (C=O) groups is 1. The van der Waals surface area contributed by atoms with Crippen LogP contribution in [0.15, 0.2) is 12.1 Å². The topological polar surface area (TPSA) is 32.8 Å². The van der Waals surface area contributed by atoms with Gasteiger partial charge in [0.05, 0.1) is 6.10 Å². The molecule has 1 aromatic heterocycles. The molecule has 24 heavy (non-hydrogen) atoms. The lowest BCUT2D eigenvalue weighted by Gasteiger charge is -2.45. The molecule has 0 unspecified atom stereocenters. The lowest BCUT2D eigenvalue weighted by atomic mass is 9.78. The van der Waals surface area contributed by atoms with Gasteiger partial charge in [-0.25, -0.2) is 0 Å². The van der Waals surface area contributed by atoms with Crippen LogP contribution in [-0.4, -0.2) is 54.6 Å². The number of carbonyl (C=O) groups excluding carboxylic acids is 1. The molecule has 4 rings (SSSR count). The molecule has 0 bridgehead atoms. The molecule has 132 valence electrons. The van der Waals surface area contributed by atoms with E-state index in [0.717, 1.165) is 52.2 Å². The summed E-state index contributed by atoms with van der Waals surface area (Å²) in [6, 6.07) is 4.45. The molecule has 1 amide bonds. The van der Waals surface area contributed by atoms with Crippen LogP contribution in [-0.2, 0) is 16.1 Å². The third-order valence-electron chi connectivity index (χ3n) is 5.86. The van der Waals surface area contributed by atoms with Crippen molar-refractivity contribution in [2.45, 2.75) is 45.3 Å². The van der Waals surface area contributed by atoms with Gasteiger partial charge in [-0.05, 0) is 44.7 Å². The van der Waals surface area contributed by atoms with Crippen molar-refractivity contribution in [2.75, 3.05) is 32.8 Å². The molecule has 1 aromatic rings. The summed E-state index contributed by atoms with van der Waals surface area (Å²) in [5.74, 6) is 0.955. The van der Waals surface area contributed by atoms with Gasteiger partial charge < -0.3 is 9.64 Å². The van der Waals surface area contributed by atoms with Gasteiger partial charge in [-0.2, -0.15) is 0 Å². The summed E-state index contributed by atoms with van der Waals surface area (Å²) in [7, 11) is 0. The van der Waals surface area contributed by atoms with E-state index < -0.39 is 0 Å². The van der Waals surface area contributed by atoms with Crippen molar-refractivity contribution in [3.63, 3.8) is 0 Å². The van der Waals surface area contributed by atoms with E-state index in [0.29, 0.717) is 11.8 Å². The number of thiophene rings is 1. The number of likely N-dealkylation sites (tertiary alicyclic amines) is 2. The van der Waals surface area contributed by atoms with Gasteiger partial charge in [0.25, 0.3) is 0 Å². The van der Waals surface area contributed by atoms with Crippen molar-refractivity contribution in [3.05, 3.63) is 21.9 Å². The van der Waals surface area contributed by atoms with Crippen LogP contribution in [0.25, 0.3) is 0 Å². The molecule has 0 aliphatic carbocycles. The molecule has 0 N–H and O–H groups in total. The second-order valence-electron chi connectivity index (χ2n) is 7.54. The summed E-state index contributed by atoms with van der Waals surface area (Å²) in [4.78, 5) is 20.4. The number of rotatable bonds is 3. The lowest BCUT2D eigenvalue weighted by Crippen LogP contribution is -2.53. The Bertz CT molecular complexity index is 582. The second-order valence-corrected chi connectivity index (χ2v) is 8.91. The number of fused-ring (bicyclic) bond motifs is 1. The van der Waals surface area contributed by atoms with E-state index in [4.69, 9.17) is 4.74 Å². The van der Waals surface area contributed by atoms with Gasteiger partial charge in [0.2, 0.25) is 5.91 Å². The fraction of sp³-hybridized carbons (Fsp3) is 0.737. The molecule has 3 saturated heterocycles. The maximum absolute atomic E-state index is 13.0. The molecular weight excluding hydrogens is 320 g/mol. The zero-order valence-electron chi connectivity index (χ0n) is 14.6. The van der Waals surface area contributed by atoms with E-state index >= 15 is 0 Å². The predicted molar refractivity (Wildman–Crippen MR) is 96.1 cm³/mol. The third-order valence-corrected chi connectivity index (χ3v) is 6.85. The fourth-order valence-corrected chi connectivity index (χ4v) is 5.53. The summed E-state index contributed by atoms with van der Waals surface area (Å²) < 4.78 is 6.03. The first-order chi connectivity index (χ1) is 11.7. The van der Waals surface area contributed by atoms with Crippen LogP contribution in [0.5, 0.6) is 0 Å². The molecule has 4 heterocycles. The SMILES string of the molecule is Cc1ccc(CN2CC[C@H]3OCC[C@@H](C(=O)N4CCCC4)[C@@H]3C2)s1. The summed E-state index contributed by atoms with van der Waals surface area (Å²) in [6.45, 7) is 7.97. The van der Waals surface area contributed by atoms with Gasteiger partial charge in [0.15, 0.2) is 0 Å². The van der Waals surface area contributed by atoms with E-state index in [1.54, 1.807) is 0 Å². The van der Waals surface area contributed by atoms with E-state index in [2.05, 4.69) is 28.9 Å². The number of ether oxygens (including phenoxy) is 1. The van der Waals surface area contributed by atoms with Gasteiger partial charge in [-0.3, -0.25) is 9.69 Å². The maximum atomic E-state index is 13.0. The summed E-state index contributed by atoms with van der Waals surface area (Å²) in [5, 5.41) is 0. The molecule has 4 nitrogen and oxygen atoms in total. The highest BCUT2D eigenvalue weighted by atomic mass is 32.1. The first-order valence-corrected chi connectivity index (χ1v) is 10.2. The molecule has 5 heteroatoms. The summed E-state index contributed by atoms with van der Waals surface area (Å²) in [5.41, 5.74) is 0. The third kappa shape index (κ3) is 3.39. The number of hydrogen-bond donors (Lipinski definition) is 0. The molecule has 3 aliphatic heterocycles. The first-order valence-electron chi connectivity index (χ1n) is 9.39. The van der Waals surface area contributed by atoms with Crippen LogP contribution in [0.1, 0.15) is 35.4 Å². The van der Waals surface area contributed by atoms with E-state index in [-0.39, 0.29) is 12.0 Å². The van der Waals surface area contributed by atoms with Crippen LogP contribution in [0.4, 0.5) is 0 Å². The fourth-order valence-electron chi connectivity index (χ4n) is 4.60. The predicted octanol–water partition coefficient (Wildman–Crippen LogP) is 2.91. The minimum absolute atomic E-state index is 0.176. The highest BCUT2D eigenvalue weighted by molar-refractivity contribution is 7.11. The van der Waals surface area contributed by atoms with Gasteiger partial charge in [-0.1, -0.05) is 0 Å². The Kier molecular flexibility index (Phi) is 4.93. The van der Waals surface area contributed by atoms with Crippen LogP contribution in [0.2, 0.25) is 0 Å². The average Bonchev–Trinajstić information content (AvgIpc) is 3.25. The number of piperidine rings is 1.